The van der Waals surface area contributed by atoms with E-state index in [4.69, 9.17) is 0 Å². The van der Waals surface area contributed by atoms with Gasteiger partial charge in [0, 0.05) is 19.2 Å². The van der Waals surface area contributed by atoms with Crippen molar-refractivity contribution in [2.45, 2.75) is 32.2 Å². The van der Waals surface area contributed by atoms with Gasteiger partial charge in [0.2, 0.25) is 0 Å². The molecule has 0 bridgehead atoms. The van der Waals surface area contributed by atoms with E-state index in [1.54, 1.807) is 0 Å². The highest BCUT2D eigenvalue weighted by molar-refractivity contribution is 5.15. The Morgan fingerprint density at radius 1 is 1.35 bits per heavy atom. The van der Waals surface area contributed by atoms with Gasteiger partial charge in [0.1, 0.15) is 0 Å². The highest BCUT2D eigenvalue weighted by atomic mass is 16.3. The van der Waals surface area contributed by atoms with Gasteiger partial charge in [-0.15, -0.1) is 0 Å². The van der Waals surface area contributed by atoms with Crippen LogP contribution in [-0.2, 0) is 6.42 Å². The SMILES string of the molecule is C[C@H](Cc1ccccc1)N1CCC[C@H](CO)C1. The second-order valence-electron chi connectivity index (χ2n) is 5.22. The zero-order valence-electron chi connectivity index (χ0n) is 10.7. The molecule has 0 aliphatic carbocycles. The van der Waals surface area contributed by atoms with Crippen LogP contribution >= 0.6 is 0 Å². The van der Waals surface area contributed by atoms with Crippen molar-refractivity contribution in [2.24, 2.45) is 5.92 Å². The van der Waals surface area contributed by atoms with Crippen LogP contribution in [0.3, 0.4) is 0 Å². The molecule has 0 unspecified atom stereocenters. The first-order chi connectivity index (χ1) is 8.29. The highest BCUT2D eigenvalue weighted by Crippen LogP contribution is 2.19. The summed E-state index contributed by atoms with van der Waals surface area (Å²) in [7, 11) is 0. The Morgan fingerprint density at radius 2 is 2.12 bits per heavy atom. The van der Waals surface area contributed by atoms with E-state index < -0.39 is 0 Å². The van der Waals surface area contributed by atoms with Gasteiger partial charge in [0.25, 0.3) is 0 Å². The summed E-state index contributed by atoms with van der Waals surface area (Å²) in [5.41, 5.74) is 1.41. The number of piperidine rings is 1. The number of hydrogen-bond donors (Lipinski definition) is 1. The van der Waals surface area contributed by atoms with Gasteiger partial charge in [-0.3, -0.25) is 4.90 Å². The molecule has 2 rings (SSSR count). The number of benzene rings is 1. The summed E-state index contributed by atoms with van der Waals surface area (Å²) in [6.07, 6.45) is 3.52. The minimum Gasteiger partial charge on any atom is -0.396 e. The fourth-order valence-electron chi connectivity index (χ4n) is 2.73. The van der Waals surface area contributed by atoms with Crippen molar-refractivity contribution in [1.29, 1.82) is 0 Å². The standard InChI is InChI=1S/C15H23NO/c1-13(10-14-6-3-2-4-7-14)16-9-5-8-15(11-16)12-17/h2-4,6-7,13,15,17H,5,8-12H2,1H3/t13-,15+/m1/s1. The van der Waals surface area contributed by atoms with Crippen molar-refractivity contribution in [3.8, 4) is 0 Å². The van der Waals surface area contributed by atoms with Crippen molar-refractivity contribution in [3.05, 3.63) is 35.9 Å². The lowest BCUT2D eigenvalue weighted by molar-refractivity contribution is 0.0936. The van der Waals surface area contributed by atoms with Gasteiger partial charge in [-0.1, -0.05) is 30.3 Å². The van der Waals surface area contributed by atoms with Crippen molar-refractivity contribution >= 4 is 0 Å². The molecule has 1 N–H and O–H groups in total. The average Bonchev–Trinajstić information content (AvgIpc) is 2.40. The molecule has 1 aromatic carbocycles. The van der Waals surface area contributed by atoms with E-state index in [9.17, 15) is 5.11 Å². The van der Waals surface area contributed by atoms with Crippen molar-refractivity contribution in [1.82, 2.24) is 4.90 Å². The van der Waals surface area contributed by atoms with Gasteiger partial charge in [0.15, 0.2) is 0 Å². The molecule has 94 valence electrons. The minimum absolute atomic E-state index is 0.342. The topological polar surface area (TPSA) is 23.5 Å². The van der Waals surface area contributed by atoms with Gasteiger partial charge in [-0.05, 0) is 44.2 Å². The smallest absolute Gasteiger partial charge is 0.0471 e. The molecule has 1 saturated heterocycles. The number of likely N-dealkylation sites (tertiary alicyclic amines) is 1. The van der Waals surface area contributed by atoms with Gasteiger partial charge in [-0.2, -0.15) is 0 Å². The average molecular weight is 233 g/mol. The quantitative estimate of drug-likeness (QED) is 0.862. The molecule has 1 aromatic rings. The van der Waals surface area contributed by atoms with Gasteiger partial charge >= 0.3 is 0 Å². The van der Waals surface area contributed by atoms with E-state index in [0.717, 1.165) is 13.0 Å². The van der Waals surface area contributed by atoms with Crippen LogP contribution in [0.1, 0.15) is 25.3 Å². The summed E-state index contributed by atoms with van der Waals surface area (Å²) in [5.74, 6) is 0.488. The first kappa shape index (κ1) is 12.6. The van der Waals surface area contributed by atoms with Crippen LogP contribution in [0.5, 0.6) is 0 Å². The van der Waals surface area contributed by atoms with Crippen LogP contribution < -0.4 is 0 Å². The molecule has 2 atom stereocenters. The van der Waals surface area contributed by atoms with E-state index in [0.29, 0.717) is 18.6 Å². The van der Waals surface area contributed by atoms with E-state index in [2.05, 4.69) is 42.2 Å². The predicted octanol–water partition coefficient (Wildman–Crippen LogP) is 2.32. The Labute approximate surface area is 104 Å². The Morgan fingerprint density at radius 3 is 2.82 bits per heavy atom. The number of aliphatic hydroxyl groups is 1. The zero-order chi connectivity index (χ0) is 12.1. The second-order valence-corrected chi connectivity index (χ2v) is 5.22. The van der Waals surface area contributed by atoms with Gasteiger partial charge < -0.3 is 5.11 Å². The number of aliphatic hydroxyl groups excluding tert-OH is 1. The summed E-state index contributed by atoms with van der Waals surface area (Å²) in [5, 5.41) is 9.25. The van der Waals surface area contributed by atoms with E-state index in [1.807, 2.05) is 0 Å². The Balaban J connectivity index is 1.89. The maximum Gasteiger partial charge on any atom is 0.0471 e. The van der Waals surface area contributed by atoms with Crippen LogP contribution in [0.2, 0.25) is 0 Å². The Bertz CT molecular complexity index is 325. The third-order valence-corrected chi connectivity index (χ3v) is 3.81. The third kappa shape index (κ3) is 3.55. The molecule has 1 aliphatic rings. The van der Waals surface area contributed by atoms with Crippen LogP contribution in [-0.4, -0.2) is 35.7 Å². The zero-order valence-corrected chi connectivity index (χ0v) is 10.7. The minimum atomic E-state index is 0.342. The Hall–Kier alpha value is -0.860. The first-order valence-corrected chi connectivity index (χ1v) is 6.68. The summed E-state index contributed by atoms with van der Waals surface area (Å²) in [4.78, 5) is 2.53. The molecule has 1 aliphatic heterocycles. The fourth-order valence-corrected chi connectivity index (χ4v) is 2.73. The third-order valence-electron chi connectivity index (χ3n) is 3.81. The number of rotatable bonds is 4. The molecular formula is C15H23NO. The fraction of sp³-hybridized carbons (Fsp3) is 0.600. The summed E-state index contributed by atoms with van der Waals surface area (Å²) < 4.78 is 0. The normalized spacial score (nSPS) is 23.5. The lowest BCUT2D eigenvalue weighted by atomic mass is 9.96. The molecule has 0 radical (unpaired) electrons. The van der Waals surface area contributed by atoms with Crippen LogP contribution in [0.25, 0.3) is 0 Å². The van der Waals surface area contributed by atoms with Crippen molar-refractivity contribution in [2.75, 3.05) is 19.7 Å². The summed E-state index contributed by atoms with van der Waals surface area (Å²) in [6.45, 7) is 4.89. The highest BCUT2D eigenvalue weighted by Gasteiger charge is 2.22. The maximum atomic E-state index is 9.25. The Kier molecular flexibility index (Phi) is 4.57. The van der Waals surface area contributed by atoms with Gasteiger partial charge in [0.05, 0.1) is 0 Å². The molecule has 1 fully saturated rings. The number of hydrogen-bond acceptors (Lipinski definition) is 2. The molecule has 2 nitrogen and oxygen atoms in total. The van der Waals surface area contributed by atoms with E-state index in [1.165, 1.54) is 24.9 Å². The van der Waals surface area contributed by atoms with Crippen LogP contribution in [0.15, 0.2) is 30.3 Å². The van der Waals surface area contributed by atoms with Crippen LogP contribution in [0.4, 0.5) is 0 Å². The molecular weight excluding hydrogens is 210 g/mol. The van der Waals surface area contributed by atoms with Crippen molar-refractivity contribution < 1.29 is 5.11 Å². The molecule has 0 spiro atoms. The molecule has 0 aromatic heterocycles. The van der Waals surface area contributed by atoms with E-state index in [-0.39, 0.29) is 0 Å². The lowest BCUT2D eigenvalue weighted by Gasteiger charge is -2.36. The number of nitrogens with zero attached hydrogens (tertiary/aromatic N) is 1. The largest absolute Gasteiger partial charge is 0.396 e. The molecule has 2 heteroatoms. The van der Waals surface area contributed by atoms with Crippen LogP contribution in [0, 0.1) is 5.92 Å². The molecule has 1 heterocycles. The summed E-state index contributed by atoms with van der Waals surface area (Å²) in [6, 6.07) is 11.3. The maximum absolute atomic E-state index is 9.25. The van der Waals surface area contributed by atoms with E-state index >= 15 is 0 Å². The molecule has 0 amide bonds. The second kappa shape index (κ2) is 6.18. The first-order valence-electron chi connectivity index (χ1n) is 6.68. The molecule has 17 heavy (non-hydrogen) atoms. The molecule has 0 saturated carbocycles. The predicted molar refractivity (Wildman–Crippen MR) is 71.0 cm³/mol. The van der Waals surface area contributed by atoms with Gasteiger partial charge in [-0.25, -0.2) is 0 Å². The monoisotopic (exact) mass is 233 g/mol. The van der Waals surface area contributed by atoms with Crippen molar-refractivity contribution in [3.63, 3.8) is 0 Å². The summed E-state index contributed by atoms with van der Waals surface area (Å²) >= 11 is 0. The lowest BCUT2D eigenvalue weighted by Crippen LogP contribution is -2.43.